The predicted octanol–water partition coefficient (Wildman–Crippen LogP) is 5.98. The Hall–Kier alpha value is -1.95. The molecule has 0 amide bonds. The van der Waals surface area contributed by atoms with Crippen molar-refractivity contribution in [1.82, 2.24) is 4.90 Å². The Balaban J connectivity index is 1.70. The van der Waals surface area contributed by atoms with Gasteiger partial charge in [-0.25, -0.2) is 4.39 Å². The second kappa shape index (κ2) is 9.12. The summed E-state index contributed by atoms with van der Waals surface area (Å²) in [5.41, 5.74) is 1.94. The molecule has 0 aliphatic heterocycles. The lowest BCUT2D eigenvalue weighted by atomic mass is 10.1. The fraction of sp³-hybridized carbons (Fsp3) is 0.150. The van der Waals surface area contributed by atoms with E-state index in [-0.39, 0.29) is 5.02 Å². The van der Waals surface area contributed by atoms with E-state index in [1.165, 1.54) is 16.5 Å². The van der Waals surface area contributed by atoms with Crippen LogP contribution in [0.25, 0.3) is 0 Å². The lowest BCUT2D eigenvalue weighted by Crippen LogP contribution is -2.35. The van der Waals surface area contributed by atoms with Crippen LogP contribution in [0.1, 0.15) is 10.4 Å². The first-order valence-corrected chi connectivity index (χ1v) is 9.86. The van der Waals surface area contributed by atoms with E-state index in [2.05, 4.69) is 33.8 Å². The summed E-state index contributed by atoms with van der Waals surface area (Å²) in [6.45, 7) is 1.51. The van der Waals surface area contributed by atoms with Crippen molar-refractivity contribution < 1.29 is 4.39 Å². The molecule has 2 aromatic carbocycles. The lowest BCUT2D eigenvalue weighted by Gasteiger charge is -2.25. The van der Waals surface area contributed by atoms with Gasteiger partial charge in [0.25, 0.3) is 0 Å². The SMILES string of the molecule is Fc1ccc(NC(=S)N(CCc2ccccc2)Cc2cccs2)cc1Cl. The van der Waals surface area contributed by atoms with Gasteiger partial charge < -0.3 is 10.2 Å². The van der Waals surface area contributed by atoms with Crippen LogP contribution in [-0.4, -0.2) is 16.6 Å². The fourth-order valence-electron chi connectivity index (χ4n) is 2.53. The zero-order chi connectivity index (χ0) is 18.4. The first kappa shape index (κ1) is 18.8. The number of thiophene rings is 1. The van der Waals surface area contributed by atoms with E-state index in [1.54, 1.807) is 23.5 Å². The smallest absolute Gasteiger partial charge is 0.173 e. The van der Waals surface area contributed by atoms with Gasteiger partial charge in [-0.2, -0.15) is 0 Å². The molecule has 26 heavy (non-hydrogen) atoms. The topological polar surface area (TPSA) is 15.3 Å². The van der Waals surface area contributed by atoms with Crippen LogP contribution in [0.15, 0.2) is 66.0 Å². The number of rotatable bonds is 6. The summed E-state index contributed by atoms with van der Waals surface area (Å²) >= 11 is 13.2. The minimum absolute atomic E-state index is 0.0758. The molecule has 1 aromatic heterocycles. The normalized spacial score (nSPS) is 10.5. The van der Waals surface area contributed by atoms with Crippen LogP contribution in [0.2, 0.25) is 5.02 Å². The Bertz CT molecular complexity index is 854. The number of halogens is 2. The molecule has 0 unspecified atom stereocenters. The highest BCUT2D eigenvalue weighted by Crippen LogP contribution is 2.20. The van der Waals surface area contributed by atoms with E-state index < -0.39 is 5.82 Å². The zero-order valence-corrected chi connectivity index (χ0v) is 16.4. The highest BCUT2D eigenvalue weighted by atomic mass is 35.5. The Morgan fingerprint density at radius 1 is 1.12 bits per heavy atom. The van der Waals surface area contributed by atoms with Crippen LogP contribution >= 0.6 is 35.2 Å². The minimum atomic E-state index is -0.442. The van der Waals surface area contributed by atoms with Crippen molar-refractivity contribution in [3.8, 4) is 0 Å². The molecule has 6 heteroatoms. The van der Waals surface area contributed by atoms with E-state index in [9.17, 15) is 4.39 Å². The molecule has 3 rings (SSSR count). The van der Waals surface area contributed by atoms with Gasteiger partial charge in [0.15, 0.2) is 5.11 Å². The van der Waals surface area contributed by atoms with Crippen molar-refractivity contribution in [2.45, 2.75) is 13.0 Å². The summed E-state index contributed by atoms with van der Waals surface area (Å²) in [7, 11) is 0. The van der Waals surface area contributed by atoms with Gasteiger partial charge in [0, 0.05) is 17.1 Å². The first-order chi connectivity index (χ1) is 12.6. The standard InChI is InChI=1S/C20H18ClFN2S2/c21-18-13-16(8-9-19(18)22)23-20(25)24(14-17-7-4-12-26-17)11-10-15-5-2-1-3-6-15/h1-9,12-13H,10-11,14H2,(H,23,25). The Morgan fingerprint density at radius 2 is 1.92 bits per heavy atom. The van der Waals surface area contributed by atoms with Crippen molar-refractivity contribution in [3.63, 3.8) is 0 Å². The van der Waals surface area contributed by atoms with Crippen LogP contribution < -0.4 is 5.32 Å². The Kier molecular flexibility index (Phi) is 6.61. The van der Waals surface area contributed by atoms with Crippen molar-refractivity contribution >= 4 is 46.0 Å². The van der Waals surface area contributed by atoms with Crippen LogP contribution in [0.4, 0.5) is 10.1 Å². The Labute approximate surface area is 167 Å². The molecule has 0 saturated carbocycles. The molecule has 0 radical (unpaired) electrons. The molecule has 0 atom stereocenters. The quantitative estimate of drug-likeness (QED) is 0.508. The van der Waals surface area contributed by atoms with E-state index in [4.69, 9.17) is 23.8 Å². The molecular weight excluding hydrogens is 387 g/mol. The molecule has 3 aromatic rings. The van der Waals surface area contributed by atoms with E-state index in [1.807, 2.05) is 24.3 Å². The highest BCUT2D eigenvalue weighted by molar-refractivity contribution is 7.80. The minimum Gasteiger partial charge on any atom is -0.344 e. The molecule has 0 spiro atoms. The first-order valence-electron chi connectivity index (χ1n) is 8.19. The molecule has 1 heterocycles. The van der Waals surface area contributed by atoms with Crippen LogP contribution in [0, 0.1) is 5.82 Å². The largest absolute Gasteiger partial charge is 0.344 e. The second-order valence-electron chi connectivity index (χ2n) is 5.80. The molecule has 0 saturated heterocycles. The number of nitrogens with zero attached hydrogens (tertiary/aromatic N) is 1. The van der Waals surface area contributed by atoms with E-state index >= 15 is 0 Å². The summed E-state index contributed by atoms with van der Waals surface area (Å²) < 4.78 is 13.4. The molecule has 0 bridgehead atoms. The van der Waals surface area contributed by atoms with Crippen molar-refractivity contribution in [2.75, 3.05) is 11.9 Å². The van der Waals surface area contributed by atoms with E-state index in [0.29, 0.717) is 10.8 Å². The molecule has 134 valence electrons. The molecule has 0 fully saturated rings. The van der Waals surface area contributed by atoms with Crippen LogP contribution in [0.5, 0.6) is 0 Å². The summed E-state index contributed by atoms with van der Waals surface area (Å²) in [5.74, 6) is -0.442. The van der Waals surface area contributed by atoms with E-state index in [0.717, 1.165) is 19.5 Å². The maximum atomic E-state index is 13.4. The predicted molar refractivity (Wildman–Crippen MR) is 113 cm³/mol. The number of nitrogens with one attached hydrogen (secondary N) is 1. The fourth-order valence-corrected chi connectivity index (χ4v) is 3.70. The Morgan fingerprint density at radius 3 is 2.62 bits per heavy atom. The molecule has 1 N–H and O–H groups in total. The molecule has 0 aliphatic carbocycles. The number of hydrogen-bond acceptors (Lipinski definition) is 2. The third-order valence-electron chi connectivity index (χ3n) is 3.90. The van der Waals surface area contributed by atoms with Gasteiger partial charge in [0.2, 0.25) is 0 Å². The summed E-state index contributed by atoms with van der Waals surface area (Å²) in [5, 5.41) is 5.90. The van der Waals surface area contributed by atoms with Crippen LogP contribution in [-0.2, 0) is 13.0 Å². The van der Waals surface area contributed by atoms with Crippen molar-refractivity contribution in [2.24, 2.45) is 0 Å². The maximum absolute atomic E-state index is 13.4. The van der Waals surface area contributed by atoms with Gasteiger partial charge in [-0.3, -0.25) is 0 Å². The number of thiocarbonyl (C=S) groups is 1. The van der Waals surface area contributed by atoms with Gasteiger partial charge in [-0.05, 0) is 53.8 Å². The van der Waals surface area contributed by atoms with Gasteiger partial charge >= 0.3 is 0 Å². The van der Waals surface area contributed by atoms with Gasteiger partial charge in [-0.1, -0.05) is 48.0 Å². The summed E-state index contributed by atoms with van der Waals surface area (Å²) in [6.07, 6.45) is 0.887. The summed E-state index contributed by atoms with van der Waals surface area (Å²) in [4.78, 5) is 3.35. The molecule has 0 aliphatic rings. The summed E-state index contributed by atoms with van der Waals surface area (Å²) in [6, 6.07) is 18.9. The van der Waals surface area contributed by atoms with Gasteiger partial charge in [0.1, 0.15) is 5.82 Å². The number of anilines is 1. The van der Waals surface area contributed by atoms with Gasteiger partial charge in [-0.15, -0.1) is 11.3 Å². The third-order valence-corrected chi connectivity index (χ3v) is 5.41. The maximum Gasteiger partial charge on any atom is 0.173 e. The number of benzene rings is 2. The highest BCUT2D eigenvalue weighted by Gasteiger charge is 2.12. The third kappa shape index (κ3) is 5.27. The zero-order valence-electron chi connectivity index (χ0n) is 14.0. The lowest BCUT2D eigenvalue weighted by molar-refractivity contribution is 0.427. The van der Waals surface area contributed by atoms with Crippen LogP contribution in [0.3, 0.4) is 0 Å². The van der Waals surface area contributed by atoms with Crippen molar-refractivity contribution in [3.05, 3.63) is 87.3 Å². The molecular formula is C20H18ClFN2S2. The second-order valence-corrected chi connectivity index (χ2v) is 7.62. The number of hydrogen-bond donors (Lipinski definition) is 1. The van der Waals surface area contributed by atoms with Gasteiger partial charge in [0.05, 0.1) is 11.6 Å². The average Bonchev–Trinajstić information content (AvgIpc) is 3.15. The van der Waals surface area contributed by atoms with Crippen molar-refractivity contribution in [1.29, 1.82) is 0 Å². The monoisotopic (exact) mass is 404 g/mol. The molecule has 2 nitrogen and oxygen atoms in total. The average molecular weight is 405 g/mol.